The number of carbonyl (C=O) groups excluding carboxylic acids is 1. The number of amides is 1. The first-order valence-corrected chi connectivity index (χ1v) is 7.34. The van der Waals surface area contributed by atoms with Gasteiger partial charge in [0.05, 0.1) is 11.4 Å². The molecule has 2 N–H and O–H groups in total. The Morgan fingerprint density at radius 2 is 1.90 bits per heavy atom. The van der Waals surface area contributed by atoms with E-state index in [4.69, 9.17) is 11.6 Å². The summed E-state index contributed by atoms with van der Waals surface area (Å²) in [6, 6.07) is 12.5. The Morgan fingerprint density at radius 3 is 2.62 bits per heavy atom. The van der Waals surface area contributed by atoms with Gasteiger partial charge in [-0.15, -0.1) is 0 Å². The van der Waals surface area contributed by atoms with Crippen molar-refractivity contribution in [1.29, 1.82) is 0 Å². The summed E-state index contributed by atoms with van der Waals surface area (Å²) in [4.78, 5) is 15.9. The van der Waals surface area contributed by atoms with Crippen LogP contribution >= 0.6 is 27.5 Å². The normalized spacial score (nSPS) is 17.6. The number of aliphatic hydroxyl groups excluding tert-OH is 1. The fourth-order valence-electron chi connectivity index (χ4n) is 2.11. The maximum absolute atomic E-state index is 11.8. The zero-order valence-electron chi connectivity index (χ0n) is 10.7. The Labute approximate surface area is 134 Å². The molecule has 1 amide bonds. The SMILES string of the molecule is O=C1Nc2ccc(Br)cc2C(c2ccc(Cl)cc2)=NC1O. The molecule has 0 aromatic heterocycles. The topological polar surface area (TPSA) is 61.7 Å². The van der Waals surface area contributed by atoms with Gasteiger partial charge in [-0.3, -0.25) is 4.79 Å². The number of benzene rings is 2. The van der Waals surface area contributed by atoms with Crippen molar-refractivity contribution in [3.8, 4) is 0 Å². The van der Waals surface area contributed by atoms with Crippen LogP contribution in [0.5, 0.6) is 0 Å². The van der Waals surface area contributed by atoms with E-state index in [0.717, 1.165) is 15.6 Å². The molecule has 0 spiro atoms. The summed E-state index contributed by atoms with van der Waals surface area (Å²) in [7, 11) is 0. The standard InChI is InChI=1S/C15H10BrClN2O2/c16-9-3-6-12-11(7-9)13(19-15(21)14(20)18-12)8-1-4-10(17)5-2-8/h1-7,15,21H,(H,18,20). The quantitative estimate of drug-likeness (QED) is 0.815. The number of anilines is 1. The van der Waals surface area contributed by atoms with Crippen molar-refractivity contribution in [2.75, 3.05) is 5.32 Å². The molecule has 1 heterocycles. The molecular formula is C15H10BrClN2O2. The number of aliphatic hydroxyl groups is 1. The van der Waals surface area contributed by atoms with Crippen LogP contribution in [0.3, 0.4) is 0 Å². The maximum Gasteiger partial charge on any atom is 0.276 e. The van der Waals surface area contributed by atoms with Gasteiger partial charge in [0.1, 0.15) is 0 Å². The first-order valence-electron chi connectivity index (χ1n) is 6.17. The molecule has 0 aliphatic carbocycles. The Bertz CT molecular complexity index is 744. The lowest BCUT2D eigenvalue weighted by Crippen LogP contribution is -2.24. The summed E-state index contributed by atoms with van der Waals surface area (Å²) in [6.07, 6.45) is -1.44. The van der Waals surface area contributed by atoms with E-state index in [2.05, 4.69) is 26.2 Å². The van der Waals surface area contributed by atoms with Crippen molar-refractivity contribution in [1.82, 2.24) is 0 Å². The molecule has 0 saturated carbocycles. The van der Waals surface area contributed by atoms with Gasteiger partial charge in [-0.2, -0.15) is 0 Å². The van der Waals surface area contributed by atoms with E-state index in [0.29, 0.717) is 16.4 Å². The predicted molar refractivity (Wildman–Crippen MR) is 85.9 cm³/mol. The largest absolute Gasteiger partial charge is 0.364 e. The Morgan fingerprint density at radius 1 is 1.19 bits per heavy atom. The van der Waals surface area contributed by atoms with Crippen molar-refractivity contribution in [2.45, 2.75) is 6.23 Å². The zero-order chi connectivity index (χ0) is 15.0. The average Bonchev–Trinajstić information content (AvgIpc) is 2.58. The van der Waals surface area contributed by atoms with Crippen molar-refractivity contribution in [3.63, 3.8) is 0 Å². The van der Waals surface area contributed by atoms with Gasteiger partial charge in [-0.05, 0) is 30.3 Å². The molecule has 21 heavy (non-hydrogen) atoms. The van der Waals surface area contributed by atoms with Crippen LogP contribution in [0.15, 0.2) is 51.9 Å². The molecule has 1 aliphatic rings. The average molecular weight is 366 g/mol. The molecule has 2 aromatic rings. The number of benzodiazepines with no additional fused rings is 1. The maximum atomic E-state index is 11.8. The van der Waals surface area contributed by atoms with E-state index in [1.165, 1.54) is 0 Å². The molecule has 3 rings (SSSR count). The summed E-state index contributed by atoms with van der Waals surface area (Å²) in [5, 5.41) is 13.1. The van der Waals surface area contributed by atoms with E-state index in [-0.39, 0.29) is 0 Å². The molecule has 1 unspecified atom stereocenters. The predicted octanol–water partition coefficient (Wildman–Crippen LogP) is 3.21. The van der Waals surface area contributed by atoms with Crippen LogP contribution in [0.25, 0.3) is 0 Å². The highest BCUT2D eigenvalue weighted by molar-refractivity contribution is 9.10. The second-order valence-electron chi connectivity index (χ2n) is 4.54. The lowest BCUT2D eigenvalue weighted by molar-refractivity contribution is -0.123. The van der Waals surface area contributed by atoms with Crippen LogP contribution in [-0.2, 0) is 4.79 Å². The van der Waals surface area contributed by atoms with Crippen LogP contribution in [0.4, 0.5) is 5.69 Å². The second kappa shape index (κ2) is 5.60. The summed E-state index contributed by atoms with van der Waals surface area (Å²) in [6.45, 7) is 0. The minimum absolute atomic E-state index is 0.536. The number of fused-ring (bicyclic) bond motifs is 1. The van der Waals surface area contributed by atoms with Crippen molar-refractivity contribution < 1.29 is 9.90 Å². The van der Waals surface area contributed by atoms with Gasteiger partial charge in [0.25, 0.3) is 5.91 Å². The number of nitrogens with zero attached hydrogens (tertiary/aromatic N) is 1. The second-order valence-corrected chi connectivity index (χ2v) is 5.89. The molecule has 0 saturated heterocycles. The van der Waals surface area contributed by atoms with E-state index < -0.39 is 12.1 Å². The minimum atomic E-state index is -1.44. The van der Waals surface area contributed by atoms with Crippen LogP contribution in [0.1, 0.15) is 11.1 Å². The van der Waals surface area contributed by atoms with E-state index >= 15 is 0 Å². The number of carbonyl (C=O) groups is 1. The van der Waals surface area contributed by atoms with E-state index in [1.807, 2.05) is 12.1 Å². The summed E-state index contributed by atoms with van der Waals surface area (Å²) in [5.41, 5.74) is 2.65. The molecule has 0 bridgehead atoms. The van der Waals surface area contributed by atoms with Gasteiger partial charge in [0, 0.05) is 20.6 Å². The monoisotopic (exact) mass is 364 g/mol. The molecule has 1 aliphatic heterocycles. The number of halogens is 2. The number of rotatable bonds is 1. The first kappa shape index (κ1) is 14.3. The number of hydrogen-bond acceptors (Lipinski definition) is 3. The fraction of sp³-hybridized carbons (Fsp3) is 0.0667. The van der Waals surface area contributed by atoms with Crippen LogP contribution in [-0.4, -0.2) is 23.0 Å². The molecule has 4 nitrogen and oxygen atoms in total. The van der Waals surface area contributed by atoms with Crippen molar-refractivity contribution in [2.24, 2.45) is 4.99 Å². The lowest BCUT2D eigenvalue weighted by Gasteiger charge is -2.10. The van der Waals surface area contributed by atoms with Crippen LogP contribution < -0.4 is 5.32 Å². The molecule has 2 aromatic carbocycles. The Kier molecular flexibility index (Phi) is 3.80. The third kappa shape index (κ3) is 2.85. The highest BCUT2D eigenvalue weighted by Crippen LogP contribution is 2.27. The van der Waals surface area contributed by atoms with Crippen molar-refractivity contribution >= 4 is 44.8 Å². The summed E-state index contributed by atoms with van der Waals surface area (Å²) >= 11 is 9.30. The van der Waals surface area contributed by atoms with Crippen LogP contribution in [0, 0.1) is 0 Å². The third-order valence-electron chi connectivity index (χ3n) is 3.10. The molecule has 6 heteroatoms. The first-order chi connectivity index (χ1) is 10.0. The summed E-state index contributed by atoms with van der Waals surface area (Å²) < 4.78 is 0.855. The Balaban J connectivity index is 2.21. The molecule has 1 atom stereocenters. The van der Waals surface area contributed by atoms with E-state index in [1.54, 1.807) is 30.3 Å². The number of nitrogens with one attached hydrogen (secondary N) is 1. The Hall–Kier alpha value is -1.69. The molecular weight excluding hydrogens is 356 g/mol. The van der Waals surface area contributed by atoms with Crippen LogP contribution in [0.2, 0.25) is 5.02 Å². The minimum Gasteiger partial charge on any atom is -0.364 e. The van der Waals surface area contributed by atoms with Gasteiger partial charge in [-0.25, -0.2) is 4.99 Å². The molecule has 0 radical (unpaired) electrons. The highest BCUT2D eigenvalue weighted by Gasteiger charge is 2.24. The van der Waals surface area contributed by atoms with Gasteiger partial charge in [0.2, 0.25) is 6.23 Å². The fourth-order valence-corrected chi connectivity index (χ4v) is 2.59. The van der Waals surface area contributed by atoms with E-state index in [9.17, 15) is 9.90 Å². The smallest absolute Gasteiger partial charge is 0.276 e. The number of aliphatic imine (C=N–C) groups is 1. The van der Waals surface area contributed by atoms with Gasteiger partial charge >= 0.3 is 0 Å². The number of hydrogen-bond donors (Lipinski definition) is 2. The molecule has 0 fully saturated rings. The molecule has 106 valence electrons. The third-order valence-corrected chi connectivity index (χ3v) is 3.84. The summed E-state index contributed by atoms with van der Waals surface area (Å²) in [5.74, 6) is -0.553. The van der Waals surface area contributed by atoms with Gasteiger partial charge < -0.3 is 10.4 Å². The van der Waals surface area contributed by atoms with Gasteiger partial charge in [0.15, 0.2) is 0 Å². The lowest BCUT2D eigenvalue weighted by atomic mass is 10.0. The van der Waals surface area contributed by atoms with Crippen molar-refractivity contribution in [3.05, 3.63) is 63.1 Å². The highest BCUT2D eigenvalue weighted by atomic mass is 79.9. The van der Waals surface area contributed by atoms with Gasteiger partial charge in [-0.1, -0.05) is 39.7 Å². The zero-order valence-corrected chi connectivity index (χ0v) is 13.0.